The standard InChI is InChI=1S/C14H16FIN2O3/c1-8-4-5-18(12(6-8)13(19)20)14(21)17-11-3-2-9(15)7-10(11)16/h2-3,7-8,12H,4-6H2,1H3,(H,17,21)(H,19,20). The number of piperidine rings is 1. The molecule has 1 aliphatic rings. The molecule has 2 amide bonds. The molecule has 1 aromatic carbocycles. The van der Waals surface area contributed by atoms with E-state index in [4.69, 9.17) is 0 Å². The summed E-state index contributed by atoms with van der Waals surface area (Å²) in [5.41, 5.74) is 0.477. The number of anilines is 1. The highest BCUT2D eigenvalue weighted by Gasteiger charge is 2.34. The molecule has 1 fully saturated rings. The van der Waals surface area contributed by atoms with Crippen molar-refractivity contribution in [1.29, 1.82) is 0 Å². The second-order valence-corrected chi connectivity index (χ2v) is 6.39. The lowest BCUT2D eigenvalue weighted by Gasteiger charge is -2.35. The molecule has 21 heavy (non-hydrogen) atoms. The maximum atomic E-state index is 13.0. The van der Waals surface area contributed by atoms with Gasteiger partial charge >= 0.3 is 12.0 Å². The summed E-state index contributed by atoms with van der Waals surface area (Å²) in [5, 5.41) is 11.9. The number of rotatable bonds is 2. The summed E-state index contributed by atoms with van der Waals surface area (Å²) in [6, 6.07) is 2.76. The fourth-order valence-electron chi connectivity index (χ4n) is 2.40. The lowest BCUT2D eigenvalue weighted by atomic mass is 9.93. The molecule has 1 saturated heterocycles. The number of amides is 2. The average Bonchev–Trinajstić information content (AvgIpc) is 2.41. The van der Waals surface area contributed by atoms with Gasteiger partial charge in [-0.1, -0.05) is 6.92 Å². The lowest BCUT2D eigenvalue weighted by molar-refractivity contribution is -0.143. The first-order valence-electron chi connectivity index (χ1n) is 6.64. The van der Waals surface area contributed by atoms with E-state index in [1.807, 2.05) is 29.5 Å². The first kappa shape index (κ1) is 16.0. The number of aliphatic carboxylic acids is 1. The van der Waals surface area contributed by atoms with E-state index in [-0.39, 0.29) is 11.7 Å². The van der Waals surface area contributed by atoms with E-state index >= 15 is 0 Å². The van der Waals surface area contributed by atoms with Crippen LogP contribution in [0.4, 0.5) is 14.9 Å². The second kappa shape index (κ2) is 6.59. The number of carbonyl (C=O) groups is 2. The molecule has 5 nitrogen and oxygen atoms in total. The van der Waals surface area contributed by atoms with E-state index in [1.54, 1.807) is 0 Å². The van der Waals surface area contributed by atoms with Crippen molar-refractivity contribution < 1.29 is 19.1 Å². The minimum absolute atomic E-state index is 0.279. The van der Waals surface area contributed by atoms with Crippen LogP contribution in [0.15, 0.2) is 18.2 Å². The Hall–Kier alpha value is -1.38. The van der Waals surface area contributed by atoms with E-state index in [0.717, 1.165) is 6.42 Å². The highest BCUT2D eigenvalue weighted by Crippen LogP contribution is 2.25. The monoisotopic (exact) mass is 406 g/mol. The first-order valence-corrected chi connectivity index (χ1v) is 7.72. The van der Waals surface area contributed by atoms with Gasteiger partial charge in [-0.3, -0.25) is 0 Å². The highest BCUT2D eigenvalue weighted by molar-refractivity contribution is 14.1. The van der Waals surface area contributed by atoms with E-state index in [1.165, 1.54) is 23.1 Å². The molecule has 1 heterocycles. The van der Waals surface area contributed by atoms with Gasteiger partial charge in [0.15, 0.2) is 0 Å². The lowest BCUT2D eigenvalue weighted by Crippen LogP contribution is -2.51. The largest absolute Gasteiger partial charge is 0.480 e. The quantitative estimate of drug-likeness (QED) is 0.742. The van der Waals surface area contributed by atoms with Crippen LogP contribution < -0.4 is 5.32 Å². The van der Waals surface area contributed by atoms with Gasteiger partial charge in [0.1, 0.15) is 11.9 Å². The minimum Gasteiger partial charge on any atom is -0.480 e. The predicted octanol–water partition coefficient (Wildman–Crippen LogP) is 3.15. The third kappa shape index (κ3) is 3.84. The van der Waals surface area contributed by atoms with Crippen LogP contribution in [0.5, 0.6) is 0 Å². The zero-order valence-corrected chi connectivity index (χ0v) is 13.6. The summed E-state index contributed by atoms with van der Waals surface area (Å²) >= 11 is 1.92. The molecule has 0 bridgehead atoms. The number of carbonyl (C=O) groups excluding carboxylic acids is 1. The molecule has 114 valence electrons. The molecule has 2 unspecified atom stereocenters. The van der Waals surface area contributed by atoms with Gasteiger partial charge in [-0.2, -0.15) is 0 Å². The molecule has 2 N–H and O–H groups in total. The summed E-state index contributed by atoms with van der Waals surface area (Å²) in [7, 11) is 0. The Morgan fingerprint density at radius 1 is 1.48 bits per heavy atom. The normalized spacial score (nSPS) is 22.0. The van der Waals surface area contributed by atoms with Gasteiger partial charge in [0, 0.05) is 10.1 Å². The summed E-state index contributed by atoms with van der Waals surface area (Å²) in [4.78, 5) is 24.9. The number of carboxylic acids is 1. The van der Waals surface area contributed by atoms with E-state index in [0.29, 0.717) is 22.2 Å². The molecule has 0 radical (unpaired) electrons. The van der Waals surface area contributed by atoms with Gasteiger partial charge in [-0.25, -0.2) is 14.0 Å². The second-order valence-electron chi connectivity index (χ2n) is 5.23. The fraction of sp³-hybridized carbons (Fsp3) is 0.429. The van der Waals surface area contributed by atoms with Crippen molar-refractivity contribution in [3.63, 3.8) is 0 Å². The van der Waals surface area contributed by atoms with E-state index in [2.05, 4.69) is 5.32 Å². The van der Waals surface area contributed by atoms with Gasteiger partial charge in [-0.05, 0) is 59.5 Å². The maximum Gasteiger partial charge on any atom is 0.326 e. The van der Waals surface area contributed by atoms with Gasteiger partial charge < -0.3 is 15.3 Å². The zero-order valence-electron chi connectivity index (χ0n) is 11.5. The number of halogens is 2. The molecule has 0 aliphatic carbocycles. The van der Waals surface area contributed by atoms with Crippen LogP contribution in [0.25, 0.3) is 0 Å². The van der Waals surface area contributed by atoms with Gasteiger partial charge in [-0.15, -0.1) is 0 Å². The number of urea groups is 1. The van der Waals surface area contributed by atoms with Crippen LogP contribution >= 0.6 is 22.6 Å². The Labute approximate surface area is 135 Å². The highest BCUT2D eigenvalue weighted by atomic mass is 127. The molecule has 7 heteroatoms. The Kier molecular flexibility index (Phi) is 5.02. The Morgan fingerprint density at radius 2 is 2.19 bits per heavy atom. The minimum atomic E-state index is -0.995. The van der Waals surface area contributed by atoms with Gasteiger partial charge in [0.2, 0.25) is 0 Å². The first-order chi connectivity index (χ1) is 9.88. The number of hydrogen-bond donors (Lipinski definition) is 2. The van der Waals surface area contributed by atoms with Crippen LogP contribution in [-0.4, -0.2) is 34.6 Å². The average molecular weight is 406 g/mol. The van der Waals surface area contributed by atoms with Crippen molar-refractivity contribution in [3.8, 4) is 0 Å². The summed E-state index contributed by atoms with van der Waals surface area (Å²) in [5.74, 6) is -1.10. The maximum absolute atomic E-state index is 13.0. The number of nitrogens with one attached hydrogen (secondary N) is 1. The molecule has 1 aliphatic heterocycles. The van der Waals surface area contributed by atoms with Crippen LogP contribution in [0.2, 0.25) is 0 Å². The third-order valence-electron chi connectivity index (χ3n) is 3.58. The van der Waals surface area contributed by atoms with Crippen molar-refractivity contribution >= 4 is 40.3 Å². The third-order valence-corrected chi connectivity index (χ3v) is 4.48. The topological polar surface area (TPSA) is 69.6 Å². The zero-order chi connectivity index (χ0) is 15.6. The van der Waals surface area contributed by atoms with Gasteiger partial charge in [0.05, 0.1) is 5.69 Å². The van der Waals surface area contributed by atoms with Crippen LogP contribution in [0, 0.1) is 15.3 Å². The summed E-state index contributed by atoms with van der Waals surface area (Å²) in [6.45, 7) is 2.38. The number of hydrogen-bond acceptors (Lipinski definition) is 2. The smallest absolute Gasteiger partial charge is 0.326 e. The number of nitrogens with zero attached hydrogens (tertiary/aromatic N) is 1. The van der Waals surface area contributed by atoms with Crippen molar-refractivity contribution in [2.45, 2.75) is 25.8 Å². The Balaban J connectivity index is 2.13. The number of carboxylic acid groups (broad SMARTS) is 1. The van der Waals surface area contributed by atoms with Crippen molar-refractivity contribution in [1.82, 2.24) is 4.90 Å². The molecule has 1 aromatic rings. The number of benzene rings is 1. The Bertz CT molecular complexity index is 567. The molecule has 2 atom stereocenters. The van der Waals surface area contributed by atoms with Crippen molar-refractivity contribution in [3.05, 3.63) is 27.6 Å². The molecule has 0 spiro atoms. The molecule has 0 saturated carbocycles. The molecule has 2 rings (SSSR count). The van der Waals surface area contributed by atoms with Crippen LogP contribution in [0.3, 0.4) is 0 Å². The summed E-state index contributed by atoms with van der Waals surface area (Å²) in [6.07, 6.45) is 1.22. The van der Waals surface area contributed by atoms with Crippen molar-refractivity contribution in [2.24, 2.45) is 5.92 Å². The van der Waals surface area contributed by atoms with E-state index in [9.17, 15) is 19.1 Å². The molecular weight excluding hydrogens is 390 g/mol. The van der Waals surface area contributed by atoms with Crippen molar-refractivity contribution in [2.75, 3.05) is 11.9 Å². The van der Waals surface area contributed by atoms with Crippen LogP contribution in [-0.2, 0) is 4.79 Å². The summed E-state index contributed by atoms with van der Waals surface area (Å²) < 4.78 is 13.6. The SMILES string of the molecule is CC1CCN(C(=O)Nc2ccc(F)cc2I)C(C(=O)O)C1. The Morgan fingerprint density at radius 3 is 2.81 bits per heavy atom. The molecule has 0 aromatic heterocycles. The van der Waals surface area contributed by atoms with Crippen LogP contribution in [0.1, 0.15) is 19.8 Å². The fourth-order valence-corrected chi connectivity index (χ4v) is 3.01. The van der Waals surface area contributed by atoms with E-state index < -0.39 is 18.0 Å². The predicted molar refractivity (Wildman–Crippen MR) is 84.7 cm³/mol. The van der Waals surface area contributed by atoms with Gasteiger partial charge in [0.25, 0.3) is 0 Å². The number of likely N-dealkylation sites (tertiary alicyclic amines) is 1. The molecular formula is C14H16FIN2O3.